The molecule has 2 rings (SSSR count). The predicted octanol–water partition coefficient (Wildman–Crippen LogP) is 3.18. The third kappa shape index (κ3) is 3.35. The molecule has 1 aromatic rings. The topological polar surface area (TPSA) is 15.3 Å². The zero-order valence-electron chi connectivity index (χ0n) is 10.0. The number of rotatable bonds is 4. The highest BCUT2D eigenvalue weighted by molar-refractivity contribution is 6.42. The number of likely N-dealkylation sites (tertiary alicyclic amines) is 1. The lowest BCUT2D eigenvalue weighted by molar-refractivity contribution is 0.300. The molecule has 1 N–H and O–H groups in total. The van der Waals surface area contributed by atoms with Crippen LogP contribution in [-0.2, 0) is 6.54 Å². The monoisotopic (exact) mass is 272 g/mol. The fourth-order valence-electron chi connectivity index (χ4n) is 2.30. The van der Waals surface area contributed by atoms with Crippen molar-refractivity contribution in [1.82, 2.24) is 10.2 Å². The van der Waals surface area contributed by atoms with Gasteiger partial charge in [-0.25, -0.2) is 0 Å². The van der Waals surface area contributed by atoms with E-state index >= 15 is 0 Å². The maximum absolute atomic E-state index is 6.13. The molecular weight excluding hydrogens is 255 g/mol. The van der Waals surface area contributed by atoms with E-state index in [4.69, 9.17) is 23.2 Å². The van der Waals surface area contributed by atoms with E-state index in [1.54, 1.807) is 0 Å². The molecule has 0 radical (unpaired) electrons. The van der Waals surface area contributed by atoms with Gasteiger partial charge >= 0.3 is 0 Å². The number of likely N-dealkylation sites (N-methyl/N-ethyl adjacent to an activating group) is 1. The molecule has 1 unspecified atom stereocenters. The Labute approximate surface area is 113 Å². The molecule has 1 heterocycles. The summed E-state index contributed by atoms with van der Waals surface area (Å²) in [7, 11) is 2.19. The van der Waals surface area contributed by atoms with Gasteiger partial charge in [-0.05, 0) is 38.1 Å². The summed E-state index contributed by atoms with van der Waals surface area (Å²) in [5.74, 6) is 0. The zero-order valence-corrected chi connectivity index (χ0v) is 11.6. The van der Waals surface area contributed by atoms with Crippen molar-refractivity contribution >= 4 is 23.2 Å². The Bertz CT molecular complexity index is 382. The number of benzene rings is 1. The van der Waals surface area contributed by atoms with Crippen LogP contribution in [0.2, 0.25) is 10.0 Å². The molecule has 1 aliphatic heterocycles. The van der Waals surface area contributed by atoms with E-state index in [2.05, 4.69) is 17.3 Å². The largest absolute Gasteiger partial charge is 0.311 e. The van der Waals surface area contributed by atoms with Crippen LogP contribution in [0.1, 0.15) is 18.4 Å². The average molecular weight is 273 g/mol. The van der Waals surface area contributed by atoms with Gasteiger partial charge in [-0.1, -0.05) is 35.3 Å². The lowest BCUT2D eigenvalue weighted by atomic mass is 10.2. The van der Waals surface area contributed by atoms with E-state index in [1.165, 1.54) is 19.4 Å². The van der Waals surface area contributed by atoms with Crippen molar-refractivity contribution in [2.45, 2.75) is 25.4 Å². The lowest BCUT2D eigenvalue weighted by Gasteiger charge is -2.20. The van der Waals surface area contributed by atoms with E-state index in [1.807, 2.05) is 18.2 Å². The summed E-state index contributed by atoms with van der Waals surface area (Å²) in [6.07, 6.45) is 2.59. The van der Waals surface area contributed by atoms with Crippen molar-refractivity contribution in [3.05, 3.63) is 33.8 Å². The number of hydrogen-bond acceptors (Lipinski definition) is 2. The first-order valence-corrected chi connectivity index (χ1v) is 6.78. The third-order valence-corrected chi connectivity index (χ3v) is 4.26. The Kier molecular flexibility index (Phi) is 4.69. The summed E-state index contributed by atoms with van der Waals surface area (Å²) in [4.78, 5) is 2.41. The zero-order chi connectivity index (χ0) is 12.3. The minimum Gasteiger partial charge on any atom is -0.311 e. The molecule has 0 aliphatic carbocycles. The van der Waals surface area contributed by atoms with Crippen LogP contribution >= 0.6 is 23.2 Å². The highest BCUT2D eigenvalue weighted by atomic mass is 35.5. The molecule has 0 aromatic heterocycles. The van der Waals surface area contributed by atoms with Gasteiger partial charge in [-0.2, -0.15) is 0 Å². The summed E-state index contributed by atoms with van der Waals surface area (Å²) in [6.45, 7) is 3.01. The van der Waals surface area contributed by atoms with E-state index in [9.17, 15) is 0 Å². The normalized spacial score (nSPS) is 21.0. The number of nitrogens with zero attached hydrogens (tertiary/aromatic N) is 1. The molecule has 17 heavy (non-hydrogen) atoms. The molecule has 1 aliphatic rings. The molecule has 1 fully saturated rings. The number of hydrogen-bond donors (Lipinski definition) is 1. The minimum absolute atomic E-state index is 0.629. The van der Waals surface area contributed by atoms with Crippen LogP contribution in [0.3, 0.4) is 0 Å². The minimum atomic E-state index is 0.629. The fraction of sp³-hybridized carbons (Fsp3) is 0.538. The molecule has 0 amide bonds. The molecule has 1 atom stereocenters. The summed E-state index contributed by atoms with van der Waals surface area (Å²) >= 11 is 12.1. The second-order valence-corrected chi connectivity index (χ2v) is 5.41. The highest BCUT2D eigenvalue weighted by Crippen LogP contribution is 2.25. The molecule has 94 valence electrons. The van der Waals surface area contributed by atoms with Gasteiger partial charge in [0.25, 0.3) is 0 Å². The first kappa shape index (κ1) is 13.2. The summed E-state index contributed by atoms with van der Waals surface area (Å²) in [5, 5.41) is 4.75. The van der Waals surface area contributed by atoms with Gasteiger partial charge in [0.05, 0.1) is 10.0 Å². The molecule has 2 nitrogen and oxygen atoms in total. The van der Waals surface area contributed by atoms with Crippen LogP contribution in [0.4, 0.5) is 0 Å². The lowest BCUT2D eigenvalue weighted by Crippen LogP contribution is -2.35. The van der Waals surface area contributed by atoms with E-state index in [0.29, 0.717) is 16.1 Å². The van der Waals surface area contributed by atoms with Crippen molar-refractivity contribution in [3.8, 4) is 0 Å². The first-order chi connectivity index (χ1) is 8.18. The molecule has 1 aromatic carbocycles. The molecule has 0 bridgehead atoms. The van der Waals surface area contributed by atoms with Gasteiger partial charge in [0, 0.05) is 19.1 Å². The van der Waals surface area contributed by atoms with Crippen molar-refractivity contribution in [3.63, 3.8) is 0 Å². The molecular formula is C13H18Cl2N2. The van der Waals surface area contributed by atoms with Gasteiger partial charge in [0.15, 0.2) is 0 Å². The standard InChI is InChI=1S/C13H18Cl2N2/c1-17-7-3-5-11(17)9-16-8-10-4-2-6-12(14)13(10)15/h2,4,6,11,16H,3,5,7-9H2,1H3. The smallest absolute Gasteiger partial charge is 0.0637 e. The quantitative estimate of drug-likeness (QED) is 0.906. The van der Waals surface area contributed by atoms with Crippen LogP contribution in [-0.4, -0.2) is 31.1 Å². The molecule has 0 spiro atoms. The molecule has 4 heteroatoms. The van der Waals surface area contributed by atoms with E-state index < -0.39 is 0 Å². The van der Waals surface area contributed by atoms with Crippen molar-refractivity contribution in [1.29, 1.82) is 0 Å². The first-order valence-electron chi connectivity index (χ1n) is 6.02. The Morgan fingerprint density at radius 3 is 2.94 bits per heavy atom. The Balaban J connectivity index is 1.84. The van der Waals surface area contributed by atoms with Crippen LogP contribution in [0, 0.1) is 0 Å². The van der Waals surface area contributed by atoms with Crippen LogP contribution < -0.4 is 5.32 Å². The summed E-state index contributed by atoms with van der Waals surface area (Å²) < 4.78 is 0. The second kappa shape index (κ2) is 6.05. The van der Waals surface area contributed by atoms with Crippen molar-refractivity contribution < 1.29 is 0 Å². The van der Waals surface area contributed by atoms with Gasteiger partial charge in [-0.15, -0.1) is 0 Å². The maximum Gasteiger partial charge on any atom is 0.0637 e. The van der Waals surface area contributed by atoms with Crippen LogP contribution in [0.15, 0.2) is 18.2 Å². The SMILES string of the molecule is CN1CCCC1CNCc1cccc(Cl)c1Cl. The van der Waals surface area contributed by atoms with Gasteiger partial charge in [-0.3, -0.25) is 0 Å². The summed E-state index contributed by atoms with van der Waals surface area (Å²) in [5.41, 5.74) is 1.07. The van der Waals surface area contributed by atoms with Crippen LogP contribution in [0.5, 0.6) is 0 Å². The number of halogens is 2. The van der Waals surface area contributed by atoms with Gasteiger partial charge < -0.3 is 10.2 Å². The Morgan fingerprint density at radius 2 is 2.24 bits per heavy atom. The van der Waals surface area contributed by atoms with E-state index in [-0.39, 0.29) is 0 Å². The highest BCUT2D eigenvalue weighted by Gasteiger charge is 2.19. The van der Waals surface area contributed by atoms with Gasteiger partial charge in [0.1, 0.15) is 0 Å². The number of nitrogens with one attached hydrogen (secondary N) is 1. The Morgan fingerprint density at radius 1 is 1.41 bits per heavy atom. The predicted molar refractivity (Wildman–Crippen MR) is 73.8 cm³/mol. The molecule has 1 saturated heterocycles. The average Bonchev–Trinajstić information content (AvgIpc) is 2.71. The Hall–Kier alpha value is -0.280. The van der Waals surface area contributed by atoms with E-state index in [0.717, 1.165) is 18.7 Å². The summed E-state index contributed by atoms with van der Waals surface area (Å²) in [6, 6.07) is 6.43. The third-order valence-electron chi connectivity index (χ3n) is 3.40. The van der Waals surface area contributed by atoms with Crippen LogP contribution in [0.25, 0.3) is 0 Å². The maximum atomic E-state index is 6.13. The fourth-order valence-corrected chi connectivity index (χ4v) is 2.68. The molecule has 0 saturated carbocycles. The van der Waals surface area contributed by atoms with Crippen molar-refractivity contribution in [2.24, 2.45) is 0 Å². The van der Waals surface area contributed by atoms with Crippen molar-refractivity contribution in [2.75, 3.05) is 20.1 Å². The second-order valence-electron chi connectivity index (χ2n) is 4.62. The van der Waals surface area contributed by atoms with Gasteiger partial charge in [0.2, 0.25) is 0 Å².